The van der Waals surface area contributed by atoms with Crippen molar-refractivity contribution in [1.29, 1.82) is 0 Å². The molecule has 108 valence electrons. The van der Waals surface area contributed by atoms with E-state index in [-0.39, 0.29) is 6.61 Å². The van der Waals surface area contributed by atoms with Crippen molar-refractivity contribution in [3.8, 4) is 5.75 Å². The number of aromatic amines is 1. The second-order valence-corrected chi connectivity index (χ2v) is 5.58. The highest BCUT2D eigenvalue weighted by molar-refractivity contribution is 9.10. The van der Waals surface area contributed by atoms with Crippen molar-refractivity contribution in [3.63, 3.8) is 0 Å². The van der Waals surface area contributed by atoms with Gasteiger partial charge >= 0.3 is 0 Å². The number of benzene rings is 1. The number of ether oxygens (including phenoxy) is 2. The molecule has 0 bridgehead atoms. The van der Waals surface area contributed by atoms with Crippen LogP contribution in [0.4, 0.5) is 0 Å². The molecule has 1 aromatic carbocycles. The summed E-state index contributed by atoms with van der Waals surface area (Å²) in [5, 5.41) is 29.4. The minimum atomic E-state index is -1.20. The minimum Gasteiger partial charge on any atom is -0.460 e. The lowest BCUT2D eigenvalue weighted by atomic mass is 10.1. The van der Waals surface area contributed by atoms with Crippen molar-refractivity contribution in [3.05, 3.63) is 28.9 Å². The second-order valence-electron chi connectivity index (χ2n) is 4.67. The zero-order valence-corrected chi connectivity index (χ0v) is 11.9. The summed E-state index contributed by atoms with van der Waals surface area (Å²) in [5.74, 6) is 0.510. The highest BCUT2D eigenvalue weighted by atomic mass is 79.9. The monoisotopic (exact) mass is 343 g/mol. The predicted octanol–water partition coefficient (Wildman–Crippen LogP) is 0.748. The third-order valence-electron chi connectivity index (χ3n) is 3.35. The van der Waals surface area contributed by atoms with Gasteiger partial charge in [-0.15, -0.1) is 0 Å². The number of aliphatic hydroxyl groups excluding tert-OH is 3. The SMILES string of the molecule is OC[C@H]1OC(Oc2c[nH]c3ccc(Br)cc23)[C@@H](O)[C@@H]1O. The van der Waals surface area contributed by atoms with Gasteiger partial charge in [0, 0.05) is 21.6 Å². The Bertz CT molecular complexity index is 616. The van der Waals surface area contributed by atoms with E-state index in [0.717, 1.165) is 15.4 Å². The van der Waals surface area contributed by atoms with Gasteiger partial charge in [0.1, 0.15) is 24.1 Å². The maximum Gasteiger partial charge on any atom is 0.229 e. The molecule has 1 aromatic heterocycles. The Morgan fingerprint density at radius 2 is 2.10 bits per heavy atom. The van der Waals surface area contributed by atoms with E-state index < -0.39 is 24.6 Å². The van der Waals surface area contributed by atoms with E-state index in [4.69, 9.17) is 14.6 Å². The lowest BCUT2D eigenvalue weighted by Gasteiger charge is -2.16. The molecule has 2 heterocycles. The molecule has 1 unspecified atom stereocenters. The average molecular weight is 344 g/mol. The molecule has 1 saturated heterocycles. The van der Waals surface area contributed by atoms with Crippen LogP contribution in [0, 0.1) is 0 Å². The Labute approximate surface area is 123 Å². The highest BCUT2D eigenvalue weighted by Crippen LogP contribution is 2.31. The van der Waals surface area contributed by atoms with Gasteiger partial charge < -0.3 is 29.8 Å². The van der Waals surface area contributed by atoms with Gasteiger partial charge in [-0.25, -0.2) is 0 Å². The molecule has 0 aliphatic carbocycles. The fourth-order valence-corrected chi connectivity index (χ4v) is 2.61. The summed E-state index contributed by atoms with van der Waals surface area (Å²) in [6.45, 7) is -0.377. The van der Waals surface area contributed by atoms with Crippen LogP contribution in [-0.2, 0) is 4.74 Å². The molecule has 1 aliphatic heterocycles. The molecule has 7 heteroatoms. The number of rotatable bonds is 3. The topological polar surface area (TPSA) is 94.9 Å². The Hall–Kier alpha value is -1.12. The van der Waals surface area contributed by atoms with Crippen LogP contribution < -0.4 is 4.74 Å². The molecular formula is C13H14BrNO5. The zero-order valence-electron chi connectivity index (χ0n) is 10.4. The van der Waals surface area contributed by atoms with E-state index in [1.54, 1.807) is 6.20 Å². The van der Waals surface area contributed by atoms with Crippen molar-refractivity contribution >= 4 is 26.8 Å². The van der Waals surface area contributed by atoms with Gasteiger partial charge in [0.15, 0.2) is 0 Å². The number of hydrogen-bond acceptors (Lipinski definition) is 5. The summed E-state index contributed by atoms with van der Waals surface area (Å²) in [4.78, 5) is 3.05. The molecule has 4 atom stereocenters. The summed E-state index contributed by atoms with van der Waals surface area (Å²) >= 11 is 3.38. The molecule has 1 aliphatic rings. The lowest BCUT2D eigenvalue weighted by Crippen LogP contribution is -2.35. The van der Waals surface area contributed by atoms with Crippen molar-refractivity contribution in [2.75, 3.05) is 6.61 Å². The van der Waals surface area contributed by atoms with E-state index in [9.17, 15) is 10.2 Å². The molecule has 0 amide bonds. The van der Waals surface area contributed by atoms with Crippen LogP contribution in [0.1, 0.15) is 0 Å². The van der Waals surface area contributed by atoms with E-state index in [2.05, 4.69) is 20.9 Å². The van der Waals surface area contributed by atoms with Gasteiger partial charge in [0.25, 0.3) is 0 Å². The molecule has 6 nitrogen and oxygen atoms in total. The number of H-pyrrole nitrogens is 1. The third kappa shape index (κ3) is 2.32. The summed E-state index contributed by atoms with van der Waals surface area (Å²) in [7, 11) is 0. The van der Waals surface area contributed by atoms with Crippen molar-refractivity contribution in [2.24, 2.45) is 0 Å². The van der Waals surface area contributed by atoms with Crippen molar-refractivity contribution < 1.29 is 24.8 Å². The van der Waals surface area contributed by atoms with E-state index in [1.807, 2.05) is 18.2 Å². The van der Waals surface area contributed by atoms with Gasteiger partial charge in [-0.05, 0) is 18.2 Å². The maximum absolute atomic E-state index is 9.85. The Morgan fingerprint density at radius 3 is 2.80 bits per heavy atom. The van der Waals surface area contributed by atoms with E-state index in [0.29, 0.717) is 5.75 Å². The average Bonchev–Trinajstić information content (AvgIpc) is 2.95. The first-order chi connectivity index (χ1) is 9.60. The fourth-order valence-electron chi connectivity index (χ4n) is 2.25. The molecule has 2 aromatic rings. The van der Waals surface area contributed by atoms with Gasteiger partial charge in [-0.3, -0.25) is 0 Å². The smallest absolute Gasteiger partial charge is 0.229 e. The van der Waals surface area contributed by atoms with Crippen molar-refractivity contribution in [1.82, 2.24) is 4.98 Å². The van der Waals surface area contributed by atoms with Crippen LogP contribution in [0.2, 0.25) is 0 Å². The predicted molar refractivity (Wildman–Crippen MR) is 74.4 cm³/mol. The van der Waals surface area contributed by atoms with Gasteiger partial charge in [0.2, 0.25) is 6.29 Å². The van der Waals surface area contributed by atoms with Crippen LogP contribution in [-0.4, -0.2) is 51.5 Å². The molecule has 3 rings (SSSR count). The summed E-state index contributed by atoms with van der Waals surface area (Å²) in [5.41, 5.74) is 0.884. The molecule has 1 fully saturated rings. The highest BCUT2D eigenvalue weighted by Gasteiger charge is 2.44. The first kappa shape index (κ1) is 13.8. The van der Waals surface area contributed by atoms with Gasteiger partial charge in [0.05, 0.1) is 6.61 Å². The van der Waals surface area contributed by atoms with Crippen molar-refractivity contribution in [2.45, 2.75) is 24.6 Å². The molecular weight excluding hydrogens is 330 g/mol. The normalized spacial score (nSPS) is 30.0. The van der Waals surface area contributed by atoms with Crippen LogP contribution in [0.15, 0.2) is 28.9 Å². The number of nitrogens with one attached hydrogen (secondary N) is 1. The molecule has 4 N–H and O–H groups in total. The minimum absolute atomic E-state index is 0.377. The number of hydrogen-bond donors (Lipinski definition) is 4. The van der Waals surface area contributed by atoms with E-state index >= 15 is 0 Å². The first-order valence-electron chi connectivity index (χ1n) is 6.16. The largest absolute Gasteiger partial charge is 0.460 e. The summed E-state index contributed by atoms with van der Waals surface area (Å²) < 4.78 is 11.8. The molecule has 0 spiro atoms. The summed E-state index contributed by atoms with van der Waals surface area (Å²) in [6, 6.07) is 5.67. The Morgan fingerprint density at radius 1 is 1.30 bits per heavy atom. The van der Waals surface area contributed by atoms with Crippen LogP contribution >= 0.6 is 15.9 Å². The summed E-state index contributed by atoms with van der Waals surface area (Å²) in [6.07, 6.45) is -2.57. The molecule has 0 saturated carbocycles. The number of halogens is 1. The quantitative estimate of drug-likeness (QED) is 0.659. The molecule has 0 radical (unpaired) electrons. The van der Waals surface area contributed by atoms with Gasteiger partial charge in [-0.1, -0.05) is 15.9 Å². The van der Waals surface area contributed by atoms with E-state index in [1.165, 1.54) is 0 Å². The Balaban J connectivity index is 1.85. The van der Waals surface area contributed by atoms with Gasteiger partial charge in [-0.2, -0.15) is 0 Å². The number of fused-ring (bicyclic) bond motifs is 1. The zero-order chi connectivity index (χ0) is 14.3. The lowest BCUT2D eigenvalue weighted by molar-refractivity contribution is -0.115. The first-order valence-corrected chi connectivity index (χ1v) is 6.95. The third-order valence-corrected chi connectivity index (χ3v) is 3.84. The van der Waals surface area contributed by atoms with Crippen LogP contribution in [0.25, 0.3) is 10.9 Å². The van der Waals surface area contributed by atoms with Crippen LogP contribution in [0.3, 0.4) is 0 Å². The number of aromatic nitrogens is 1. The Kier molecular flexibility index (Phi) is 3.70. The maximum atomic E-state index is 9.85. The fraction of sp³-hybridized carbons (Fsp3) is 0.385. The number of aliphatic hydroxyl groups is 3. The van der Waals surface area contributed by atoms with Crippen LogP contribution in [0.5, 0.6) is 5.75 Å². The second kappa shape index (κ2) is 5.34. The standard InChI is InChI=1S/C13H14BrNO5/c14-6-1-2-8-7(3-6)9(4-15-8)19-13-12(18)11(17)10(5-16)20-13/h1-4,10-13,15-18H,5H2/t10-,11-,12+,13?/m1/s1. The molecule has 20 heavy (non-hydrogen) atoms.